The second-order valence-electron chi connectivity index (χ2n) is 6.51. The summed E-state index contributed by atoms with van der Waals surface area (Å²) in [5, 5.41) is 13.9. The highest BCUT2D eigenvalue weighted by atomic mass is 35.5. The van der Waals surface area contributed by atoms with Gasteiger partial charge in [-0.25, -0.2) is 9.48 Å². The summed E-state index contributed by atoms with van der Waals surface area (Å²) in [5.41, 5.74) is 1.48. The number of halogens is 2. The third-order valence-corrected chi connectivity index (χ3v) is 4.85. The van der Waals surface area contributed by atoms with Crippen LogP contribution in [-0.2, 0) is 18.4 Å². The van der Waals surface area contributed by atoms with Gasteiger partial charge in [0.2, 0.25) is 5.88 Å². The number of hydrogen-bond donors (Lipinski definition) is 1. The van der Waals surface area contributed by atoms with Crippen LogP contribution in [0.25, 0.3) is 0 Å². The highest BCUT2D eigenvalue weighted by Gasteiger charge is 2.21. The molecule has 158 valence electrons. The van der Waals surface area contributed by atoms with Crippen molar-refractivity contribution >= 4 is 29.2 Å². The minimum Gasteiger partial charge on any atom is -0.489 e. The number of nitrogens with zero attached hydrogens (tertiary/aromatic N) is 2. The Morgan fingerprint density at radius 2 is 1.83 bits per heavy atom. The smallest absolute Gasteiger partial charge is 0.344 e. The lowest BCUT2D eigenvalue weighted by molar-refractivity contribution is -0.144. The lowest BCUT2D eigenvalue weighted by Gasteiger charge is -2.15. The highest BCUT2D eigenvalue weighted by Crippen LogP contribution is 2.39. The molecule has 30 heavy (non-hydrogen) atoms. The van der Waals surface area contributed by atoms with Crippen molar-refractivity contribution in [2.24, 2.45) is 7.05 Å². The van der Waals surface area contributed by atoms with Gasteiger partial charge in [-0.15, -0.1) is 0 Å². The summed E-state index contributed by atoms with van der Waals surface area (Å²) in [6, 6.07) is 12.3. The van der Waals surface area contributed by atoms with Crippen LogP contribution in [0.5, 0.6) is 23.1 Å². The number of hydrogen-bond acceptors (Lipinski definition) is 5. The molecule has 0 spiro atoms. The minimum atomic E-state index is -1.12. The van der Waals surface area contributed by atoms with Crippen molar-refractivity contribution in [2.45, 2.75) is 26.6 Å². The maximum absolute atomic E-state index is 11.1. The van der Waals surface area contributed by atoms with E-state index in [1.807, 2.05) is 37.3 Å². The van der Waals surface area contributed by atoms with E-state index >= 15 is 0 Å². The number of aliphatic carboxylic acids is 1. The Labute approximate surface area is 183 Å². The van der Waals surface area contributed by atoms with Gasteiger partial charge in [-0.2, -0.15) is 5.10 Å². The summed E-state index contributed by atoms with van der Waals surface area (Å²) in [7, 11) is 1.74. The molecular formula is C21H20Cl2N2O5. The van der Waals surface area contributed by atoms with E-state index in [1.54, 1.807) is 11.7 Å². The van der Waals surface area contributed by atoms with Crippen LogP contribution in [-0.4, -0.2) is 27.0 Å². The molecule has 0 aliphatic rings. The Morgan fingerprint density at radius 3 is 2.50 bits per heavy atom. The number of carboxylic acid groups (broad SMARTS) is 1. The fourth-order valence-corrected chi connectivity index (χ4v) is 3.14. The van der Waals surface area contributed by atoms with Gasteiger partial charge in [0.25, 0.3) is 0 Å². The molecule has 9 heteroatoms. The summed E-state index contributed by atoms with van der Waals surface area (Å²) in [4.78, 5) is 11.1. The molecule has 0 aliphatic carbocycles. The summed E-state index contributed by atoms with van der Waals surface area (Å²) in [6.07, 6.45) is -1.09. The number of para-hydroxylation sites is 1. The van der Waals surface area contributed by atoms with E-state index in [1.165, 1.54) is 19.1 Å². The largest absolute Gasteiger partial charge is 0.489 e. The summed E-state index contributed by atoms with van der Waals surface area (Å²) in [6.45, 7) is 3.49. The van der Waals surface area contributed by atoms with E-state index < -0.39 is 12.1 Å². The molecule has 0 radical (unpaired) electrons. The zero-order valence-corrected chi connectivity index (χ0v) is 18.1. The maximum atomic E-state index is 11.1. The van der Waals surface area contributed by atoms with Gasteiger partial charge in [0, 0.05) is 13.1 Å². The number of aromatic nitrogens is 2. The van der Waals surface area contributed by atoms with Crippen molar-refractivity contribution in [3.8, 4) is 23.1 Å². The molecule has 1 N–H and O–H groups in total. The summed E-state index contributed by atoms with van der Waals surface area (Å²) in [5.74, 6) is 0.426. The van der Waals surface area contributed by atoms with Crippen LogP contribution in [0.4, 0.5) is 0 Å². The van der Waals surface area contributed by atoms with Crippen molar-refractivity contribution in [3.63, 3.8) is 0 Å². The van der Waals surface area contributed by atoms with Crippen LogP contribution < -0.4 is 14.2 Å². The fourth-order valence-electron chi connectivity index (χ4n) is 2.67. The number of aryl methyl sites for hydroxylation is 2. The van der Waals surface area contributed by atoms with E-state index in [9.17, 15) is 4.79 Å². The monoisotopic (exact) mass is 450 g/mol. The molecule has 0 fully saturated rings. The van der Waals surface area contributed by atoms with Gasteiger partial charge in [-0.05, 0) is 32.0 Å². The lowest BCUT2D eigenvalue weighted by Crippen LogP contribution is -2.23. The number of benzene rings is 2. The zero-order valence-electron chi connectivity index (χ0n) is 16.6. The molecule has 0 unspecified atom stereocenters. The fraction of sp³-hybridized carbons (Fsp3) is 0.238. The van der Waals surface area contributed by atoms with E-state index in [0.29, 0.717) is 5.88 Å². The average molecular weight is 451 g/mol. The molecule has 0 saturated heterocycles. The SMILES string of the molecule is Cc1nn(C)c(Oc2cc(O[C@@H](C)C(=O)O)c(Cl)cc2Cl)c1COc1ccccc1. The molecule has 0 aliphatic heterocycles. The van der Waals surface area contributed by atoms with Crippen molar-refractivity contribution in [3.05, 3.63) is 63.8 Å². The van der Waals surface area contributed by atoms with Gasteiger partial charge in [-0.3, -0.25) is 0 Å². The Morgan fingerprint density at radius 1 is 1.17 bits per heavy atom. The first-order chi connectivity index (χ1) is 14.3. The van der Waals surface area contributed by atoms with Crippen LogP contribution in [0.2, 0.25) is 10.0 Å². The molecule has 0 saturated carbocycles. The number of ether oxygens (including phenoxy) is 3. The van der Waals surface area contributed by atoms with Gasteiger partial charge in [0.1, 0.15) is 18.1 Å². The van der Waals surface area contributed by atoms with Gasteiger partial charge >= 0.3 is 5.97 Å². The van der Waals surface area contributed by atoms with Crippen molar-refractivity contribution in [2.75, 3.05) is 0 Å². The molecule has 3 rings (SSSR count). The predicted octanol–water partition coefficient (Wildman–Crippen LogP) is 5.26. The van der Waals surface area contributed by atoms with Crippen molar-refractivity contribution in [1.82, 2.24) is 9.78 Å². The first-order valence-electron chi connectivity index (χ1n) is 9.03. The topological polar surface area (TPSA) is 82.8 Å². The average Bonchev–Trinajstić information content (AvgIpc) is 2.97. The maximum Gasteiger partial charge on any atom is 0.344 e. The van der Waals surface area contributed by atoms with Crippen molar-refractivity contribution < 1.29 is 24.1 Å². The Bertz CT molecular complexity index is 1050. The van der Waals surface area contributed by atoms with E-state index in [0.717, 1.165) is 17.0 Å². The van der Waals surface area contributed by atoms with E-state index in [2.05, 4.69) is 5.10 Å². The summed E-state index contributed by atoms with van der Waals surface area (Å²) < 4.78 is 18.8. The molecule has 1 heterocycles. The Hall–Kier alpha value is -2.90. The van der Waals surface area contributed by atoms with E-state index in [-0.39, 0.29) is 28.2 Å². The number of rotatable bonds is 8. The van der Waals surface area contributed by atoms with Gasteiger partial charge in [0.05, 0.1) is 21.3 Å². The van der Waals surface area contributed by atoms with Crippen molar-refractivity contribution in [1.29, 1.82) is 0 Å². The first-order valence-corrected chi connectivity index (χ1v) is 9.78. The van der Waals surface area contributed by atoms with Gasteiger partial charge < -0.3 is 19.3 Å². The number of carbonyl (C=O) groups is 1. The van der Waals surface area contributed by atoms with Crippen LogP contribution >= 0.6 is 23.2 Å². The standard InChI is InChI=1S/C21H20Cl2N2O5/c1-12-15(11-28-14-7-5-4-6-8-14)20(25(3)24-12)30-19-10-18(16(22)9-17(19)23)29-13(2)21(26)27/h4-10,13H,11H2,1-3H3,(H,26,27)/t13-/m0/s1. The van der Waals surface area contributed by atoms with Crippen LogP contribution in [0.3, 0.4) is 0 Å². The lowest BCUT2D eigenvalue weighted by atomic mass is 10.2. The predicted molar refractivity (Wildman–Crippen MR) is 113 cm³/mol. The van der Waals surface area contributed by atoms with Crippen LogP contribution in [0, 0.1) is 6.92 Å². The van der Waals surface area contributed by atoms with Crippen LogP contribution in [0.15, 0.2) is 42.5 Å². The molecule has 1 atom stereocenters. The normalized spacial score (nSPS) is 11.8. The van der Waals surface area contributed by atoms with Gasteiger partial charge in [-0.1, -0.05) is 41.4 Å². The first kappa shape index (κ1) is 21.8. The third-order valence-electron chi connectivity index (χ3n) is 4.26. The quantitative estimate of drug-likeness (QED) is 0.503. The molecule has 0 amide bonds. The molecule has 7 nitrogen and oxygen atoms in total. The van der Waals surface area contributed by atoms with E-state index in [4.69, 9.17) is 42.5 Å². The molecule has 0 bridgehead atoms. The Balaban J connectivity index is 1.88. The minimum absolute atomic E-state index is 0.145. The molecule has 1 aromatic heterocycles. The zero-order chi connectivity index (χ0) is 21.8. The van der Waals surface area contributed by atoms with Crippen LogP contribution in [0.1, 0.15) is 18.2 Å². The third kappa shape index (κ3) is 4.98. The second kappa shape index (κ2) is 9.28. The molecule has 2 aromatic carbocycles. The molecular weight excluding hydrogens is 431 g/mol. The number of carboxylic acids is 1. The van der Waals surface area contributed by atoms with Gasteiger partial charge in [0.15, 0.2) is 11.9 Å². The highest BCUT2D eigenvalue weighted by molar-refractivity contribution is 6.36. The molecule has 3 aromatic rings. The Kier molecular flexibility index (Phi) is 6.74. The summed E-state index contributed by atoms with van der Waals surface area (Å²) >= 11 is 12.4. The second-order valence-corrected chi connectivity index (χ2v) is 7.32.